The van der Waals surface area contributed by atoms with Crippen molar-refractivity contribution >= 4 is 21.7 Å². The summed E-state index contributed by atoms with van der Waals surface area (Å²) in [6.45, 7) is 4.54. The molecule has 0 aliphatic carbocycles. The monoisotopic (exact) mass is 269 g/mol. The number of anilines is 1. The van der Waals surface area contributed by atoms with Gasteiger partial charge in [0.15, 0.2) is 0 Å². The van der Waals surface area contributed by atoms with Crippen molar-refractivity contribution in [1.29, 1.82) is 0 Å². The summed E-state index contributed by atoms with van der Waals surface area (Å²) in [4.78, 5) is 10.7. The molecule has 0 spiro atoms. The minimum atomic E-state index is 0.851. The molecule has 1 atom stereocenters. The van der Waals surface area contributed by atoms with Crippen molar-refractivity contribution in [3.63, 3.8) is 0 Å². The van der Waals surface area contributed by atoms with Gasteiger partial charge < -0.3 is 4.90 Å². The third-order valence-corrected chi connectivity index (χ3v) is 3.36. The lowest BCUT2D eigenvalue weighted by atomic mass is 10.0. The van der Waals surface area contributed by atoms with Crippen LogP contribution in [0.15, 0.2) is 17.0 Å². The van der Waals surface area contributed by atoms with Gasteiger partial charge in [-0.3, -0.25) is 0 Å². The van der Waals surface area contributed by atoms with Crippen LogP contribution in [0.5, 0.6) is 0 Å². The molecule has 0 amide bonds. The zero-order chi connectivity index (χ0) is 10.7. The van der Waals surface area contributed by atoms with Gasteiger partial charge in [-0.25, -0.2) is 9.97 Å². The molecule has 4 heteroatoms. The summed E-state index contributed by atoms with van der Waals surface area (Å²) in [7, 11) is 0. The molecule has 1 aliphatic rings. The molecule has 1 unspecified atom stereocenters. The van der Waals surface area contributed by atoms with Crippen LogP contribution in [0.4, 0.5) is 5.82 Å². The average molecular weight is 270 g/mol. The first-order chi connectivity index (χ1) is 7.29. The van der Waals surface area contributed by atoms with Crippen molar-refractivity contribution in [2.75, 3.05) is 18.0 Å². The van der Waals surface area contributed by atoms with Crippen LogP contribution in [0.1, 0.15) is 26.2 Å². The van der Waals surface area contributed by atoms with E-state index >= 15 is 0 Å². The van der Waals surface area contributed by atoms with Crippen molar-refractivity contribution in [3.8, 4) is 0 Å². The van der Waals surface area contributed by atoms with E-state index in [0.29, 0.717) is 0 Å². The van der Waals surface area contributed by atoms with Crippen LogP contribution in [0.2, 0.25) is 0 Å². The lowest BCUT2D eigenvalue weighted by Crippen LogP contribution is -2.20. The normalized spacial score (nSPS) is 20.9. The van der Waals surface area contributed by atoms with Crippen LogP contribution in [0.25, 0.3) is 0 Å². The fourth-order valence-corrected chi connectivity index (χ4v) is 2.48. The van der Waals surface area contributed by atoms with E-state index in [2.05, 4.69) is 37.7 Å². The number of rotatable bonds is 3. The first kappa shape index (κ1) is 10.9. The smallest absolute Gasteiger partial charge is 0.133 e. The van der Waals surface area contributed by atoms with Crippen LogP contribution >= 0.6 is 15.9 Å². The highest BCUT2D eigenvalue weighted by molar-refractivity contribution is 9.10. The van der Waals surface area contributed by atoms with Gasteiger partial charge in [0.05, 0.1) is 0 Å². The zero-order valence-electron chi connectivity index (χ0n) is 8.99. The maximum atomic E-state index is 4.30. The average Bonchev–Trinajstić information content (AvgIpc) is 2.67. The Bertz CT molecular complexity index is 329. The molecule has 1 fully saturated rings. The molecule has 2 heterocycles. The van der Waals surface area contributed by atoms with Crippen molar-refractivity contribution in [2.45, 2.75) is 26.2 Å². The molecule has 82 valence electrons. The number of hydrogen-bond donors (Lipinski definition) is 0. The lowest BCUT2D eigenvalue weighted by molar-refractivity contribution is 0.529. The second-order valence-corrected chi connectivity index (χ2v) is 4.90. The van der Waals surface area contributed by atoms with Crippen molar-refractivity contribution in [3.05, 3.63) is 17.0 Å². The highest BCUT2D eigenvalue weighted by atomic mass is 79.9. The molecule has 0 N–H and O–H groups in total. The summed E-state index contributed by atoms with van der Waals surface area (Å²) < 4.78 is 0.867. The third kappa shape index (κ3) is 2.68. The topological polar surface area (TPSA) is 29.0 Å². The molecule has 0 radical (unpaired) electrons. The standard InChI is InChI=1S/C11H16BrN3/c1-2-3-9-4-5-15(7-9)11-6-10(12)13-8-14-11/h6,8-9H,2-5,7H2,1H3. The Morgan fingerprint density at radius 1 is 1.53 bits per heavy atom. The first-order valence-electron chi connectivity index (χ1n) is 5.52. The van der Waals surface area contributed by atoms with Gasteiger partial charge in [0.1, 0.15) is 16.7 Å². The highest BCUT2D eigenvalue weighted by Gasteiger charge is 2.22. The predicted molar refractivity (Wildman–Crippen MR) is 65.0 cm³/mol. The second-order valence-electron chi connectivity index (χ2n) is 4.09. The van der Waals surface area contributed by atoms with Crippen molar-refractivity contribution in [2.24, 2.45) is 5.92 Å². The number of nitrogens with zero attached hydrogens (tertiary/aromatic N) is 3. The van der Waals surface area contributed by atoms with Gasteiger partial charge in [0, 0.05) is 19.2 Å². The Kier molecular flexibility index (Phi) is 3.57. The third-order valence-electron chi connectivity index (χ3n) is 2.93. The molecule has 15 heavy (non-hydrogen) atoms. The quantitative estimate of drug-likeness (QED) is 0.791. The minimum absolute atomic E-state index is 0.851. The van der Waals surface area contributed by atoms with Gasteiger partial charge in [-0.05, 0) is 34.7 Å². The maximum Gasteiger partial charge on any atom is 0.133 e. The van der Waals surface area contributed by atoms with E-state index in [1.54, 1.807) is 6.33 Å². The number of halogens is 1. The first-order valence-corrected chi connectivity index (χ1v) is 6.31. The highest BCUT2D eigenvalue weighted by Crippen LogP contribution is 2.25. The molecule has 0 saturated carbocycles. The van der Waals surface area contributed by atoms with E-state index < -0.39 is 0 Å². The Hall–Kier alpha value is -0.640. The maximum absolute atomic E-state index is 4.30. The minimum Gasteiger partial charge on any atom is -0.356 e. The van der Waals surface area contributed by atoms with E-state index in [1.807, 2.05) is 6.07 Å². The molecule has 2 rings (SSSR count). The summed E-state index contributed by atoms with van der Waals surface area (Å²) in [6.07, 6.45) is 5.54. The van der Waals surface area contributed by atoms with Gasteiger partial charge in [-0.1, -0.05) is 13.3 Å². The van der Waals surface area contributed by atoms with Crippen LogP contribution in [-0.4, -0.2) is 23.1 Å². The van der Waals surface area contributed by atoms with Gasteiger partial charge in [-0.15, -0.1) is 0 Å². The van der Waals surface area contributed by atoms with Gasteiger partial charge >= 0.3 is 0 Å². The Morgan fingerprint density at radius 2 is 2.40 bits per heavy atom. The summed E-state index contributed by atoms with van der Waals surface area (Å²) in [5.74, 6) is 1.90. The molecular weight excluding hydrogens is 254 g/mol. The van der Waals surface area contributed by atoms with E-state index in [9.17, 15) is 0 Å². The molecule has 1 aliphatic heterocycles. The molecule has 1 aromatic heterocycles. The van der Waals surface area contributed by atoms with Crippen LogP contribution < -0.4 is 4.90 Å². The van der Waals surface area contributed by atoms with Gasteiger partial charge in [-0.2, -0.15) is 0 Å². The number of aromatic nitrogens is 2. The summed E-state index contributed by atoms with van der Waals surface area (Å²) >= 11 is 3.38. The fourth-order valence-electron chi connectivity index (χ4n) is 2.18. The molecule has 0 bridgehead atoms. The van der Waals surface area contributed by atoms with Gasteiger partial charge in [0.2, 0.25) is 0 Å². The SMILES string of the molecule is CCCC1CCN(c2cc(Br)ncn2)C1. The van der Waals surface area contributed by atoms with Gasteiger partial charge in [0.25, 0.3) is 0 Å². The largest absolute Gasteiger partial charge is 0.356 e. The van der Waals surface area contributed by atoms with Crippen LogP contribution in [-0.2, 0) is 0 Å². The van der Waals surface area contributed by atoms with E-state index in [4.69, 9.17) is 0 Å². The molecule has 1 aromatic rings. The lowest BCUT2D eigenvalue weighted by Gasteiger charge is -2.17. The molecule has 0 aromatic carbocycles. The Labute approximate surface area is 99.0 Å². The second kappa shape index (κ2) is 4.92. The van der Waals surface area contributed by atoms with Crippen LogP contribution in [0, 0.1) is 5.92 Å². The number of hydrogen-bond acceptors (Lipinski definition) is 3. The van der Waals surface area contributed by atoms with Crippen molar-refractivity contribution in [1.82, 2.24) is 9.97 Å². The predicted octanol–water partition coefficient (Wildman–Crippen LogP) is 2.87. The van der Waals surface area contributed by atoms with E-state index in [-0.39, 0.29) is 0 Å². The van der Waals surface area contributed by atoms with E-state index in [1.165, 1.54) is 19.3 Å². The fraction of sp³-hybridized carbons (Fsp3) is 0.636. The van der Waals surface area contributed by atoms with Crippen LogP contribution in [0.3, 0.4) is 0 Å². The molecular formula is C11H16BrN3. The summed E-state index contributed by atoms with van der Waals surface area (Å²) in [5.41, 5.74) is 0. The zero-order valence-corrected chi connectivity index (χ0v) is 10.6. The Morgan fingerprint density at radius 3 is 3.13 bits per heavy atom. The summed E-state index contributed by atoms with van der Waals surface area (Å²) in [5, 5.41) is 0. The molecule has 1 saturated heterocycles. The van der Waals surface area contributed by atoms with E-state index in [0.717, 1.165) is 29.4 Å². The Balaban J connectivity index is 2.01. The van der Waals surface area contributed by atoms with Crippen molar-refractivity contribution < 1.29 is 0 Å². The summed E-state index contributed by atoms with van der Waals surface area (Å²) in [6, 6.07) is 1.99. The molecule has 3 nitrogen and oxygen atoms in total.